The number of esters is 1. The van der Waals surface area contributed by atoms with Crippen molar-refractivity contribution >= 4 is 16.7 Å². The zero-order valence-electron chi connectivity index (χ0n) is 12.7. The molecule has 1 heterocycles. The highest BCUT2D eigenvalue weighted by Gasteiger charge is 2.46. The average Bonchev–Trinajstić information content (AvgIpc) is 2.51. The van der Waals surface area contributed by atoms with Crippen molar-refractivity contribution in [1.29, 1.82) is 0 Å². The van der Waals surface area contributed by atoms with E-state index in [2.05, 4.69) is 56.3 Å². The number of ether oxygens (including phenoxy) is 1. The molecular weight excluding hydrogens is 260 g/mol. The van der Waals surface area contributed by atoms with Gasteiger partial charge in [-0.15, -0.1) is 0 Å². The molecule has 3 atom stereocenters. The van der Waals surface area contributed by atoms with E-state index in [0.717, 1.165) is 19.3 Å². The summed E-state index contributed by atoms with van der Waals surface area (Å²) in [5.41, 5.74) is 1.26. The highest BCUT2D eigenvalue weighted by molar-refractivity contribution is 5.84. The SMILES string of the molecule is CCCC1OC(=O)C1C(CC)c1ccc2ccccc2c1. The Bertz CT molecular complexity index is 647. The zero-order chi connectivity index (χ0) is 14.8. The summed E-state index contributed by atoms with van der Waals surface area (Å²) in [7, 11) is 0. The van der Waals surface area contributed by atoms with Crippen LogP contribution in [0.25, 0.3) is 10.8 Å². The van der Waals surface area contributed by atoms with Gasteiger partial charge >= 0.3 is 5.97 Å². The van der Waals surface area contributed by atoms with Gasteiger partial charge < -0.3 is 4.74 Å². The van der Waals surface area contributed by atoms with E-state index in [0.29, 0.717) is 0 Å². The van der Waals surface area contributed by atoms with Gasteiger partial charge in [-0.2, -0.15) is 0 Å². The van der Waals surface area contributed by atoms with Gasteiger partial charge in [-0.25, -0.2) is 0 Å². The maximum absolute atomic E-state index is 11.9. The van der Waals surface area contributed by atoms with Gasteiger partial charge in [0.15, 0.2) is 0 Å². The summed E-state index contributed by atoms with van der Waals surface area (Å²) in [6.45, 7) is 4.30. The van der Waals surface area contributed by atoms with Crippen molar-refractivity contribution in [1.82, 2.24) is 0 Å². The van der Waals surface area contributed by atoms with Gasteiger partial charge in [0, 0.05) is 5.92 Å². The zero-order valence-corrected chi connectivity index (χ0v) is 12.7. The summed E-state index contributed by atoms with van der Waals surface area (Å²) in [6, 6.07) is 14.9. The maximum atomic E-state index is 11.9. The van der Waals surface area contributed by atoms with Gasteiger partial charge in [0.25, 0.3) is 0 Å². The van der Waals surface area contributed by atoms with Gasteiger partial charge in [-0.1, -0.05) is 62.7 Å². The van der Waals surface area contributed by atoms with Crippen molar-refractivity contribution in [2.75, 3.05) is 0 Å². The molecule has 21 heavy (non-hydrogen) atoms. The molecule has 2 aromatic rings. The molecule has 110 valence electrons. The summed E-state index contributed by atoms with van der Waals surface area (Å²) in [4.78, 5) is 11.9. The Labute approximate surface area is 126 Å². The predicted molar refractivity (Wildman–Crippen MR) is 85.3 cm³/mol. The van der Waals surface area contributed by atoms with Gasteiger partial charge in [0.2, 0.25) is 0 Å². The van der Waals surface area contributed by atoms with Gasteiger partial charge in [-0.3, -0.25) is 4.79 Å². The van der Waals surface area contributed by atoms with E-state index in [4.69, 9.17) is 4.74 Å². The molecule has 1 saturated heterocycles. The van der Waals surface area contributed by atoms with Crippen LogP contribution in [0, 0.1) is 5.92 Å². The molecule has 1 fully saturated rings. The standard InChI is InChI=1S/C19H22O2/c1-3-7-17-18(19(20)21-17)16(4-2)15-11-10-13-8-5-6-9-14(13)12-15/h5-6,8-12,16-18H,3-4,7H2,1-2H3. The first-order valence-corrected chi connectivity index (χ1v) is 7.93. The first kappa shape index (κ1) is 14.1. The molecule has 0 saturated carbocycles. The average molecular weight is 282 g/mol. The lowest BCUT2D eigenvalue weighted by Gasteiger charge is -2.40. The van der Waals surface area contributed by atoms with Crippen molar-refractivity contribution in [3.63, 3.8) is 0 Å². The second-order valence-corrected chi connectivity index (χ2v) is 5.91. The number of carbonyl (C=O) groups excluding carboxylic acids is 1. The fourth-order valence-corrected chi connectivity index (χ4v) is 3.46. The third kappa shape index (κ3) is 2.55. The molecule has 0 radical (unpaired) electrons. The van der Waals surface area contributed by atoms with Crippen LogP contribution in [0.4, 0.5) is 0 Å². The Morgan fingerprint density at radius 1 is 1.10 bits per heavy atom. The minimum Gasteiger partial charge on any atom is -0.461 e. The van der Waals surface area contributed by atoms with Crippen molar-refractivity contribution in [2.45, 2.75) is 45.1 Å². The summed E-state index contributed by atoms with van der Waals surface area (Å²) in [5, 5.41) is 2.49. The number of hydrogen-bond acceptors (Lipinski definition) is 2. The van der Waals surface area contributed by atoms with E-state index in [1.165, 1.54) is 16.3 Å². The van der Waals surface area contributed by atoms with Crippen LogP contribution >= 0.6 is 0 Å². The van der Waals surface area contributed by atoms with Gasteiger partial charge in [0.1, 0.15) is 12.0 Å². The van der Waals surface area contributed by atoms with Crippen molar-refractivity contribution in [3.05, 3.63) is 48.0 Å². The first-order valence-electron chi connectivity index (χ1n) is 7.93. The summed E-state index contributed by atoms with van der Waals surface area (Å²) < 4.78 is 5.34. The van der Waals surface area contributed by atoms with Crippen LogP contribution in [0.1, 0.15) is 44.6 Å². The van der Waals surface area contributed by atoms with Crippen LogP contribution in [0.3, 0.4) is 0 Å². The normalized spacial score (nSPS) is 22.7. The molecule has 0 N–H and O–H groups in total. The quantitative estimate of drug-likeness (QED) is 0.745. The highest BCUT2D eigenvalue weighted by Crippen LogP contribution is 2.40. The largest absolute Gasteiger partial charge is 0.461 e. The van der Waals surface area contributed by atoms with E-state index in [-0.39, 0.29) is 23.9 Å². The second kappa shape index (κ2) is 5.88. The number of rotatable bonds is 5. The fourth-order valence-electron chi connectivity index (χ4n) is 3.46. The molecule has 2 heteroatoms. The minimum absolute atomic E-state index is 0.0199. The van der Waals surface area contributed by atoms with E-state index >= 15 is 0 Å². The molecule has 0 spiro atoms. The molecule has 1 aliphatic rings. The topological polar surface area (TPSA) is 26.3 Å². The number of hydrogen-bond donors (Lipinski definition) is 0. The van der Waals surface area contributed by atoms with Gasteiger partial charge in [0.05, 0.1) is 0 Å². The van der Waals surface area contributed by atoms with Crippen molar-refractivity contribution in [2.24, 2.45) is 5.92 Å². The third-order valence-corrected chi connectivity index (χ3v) is 4.59. The van der Waals surface area contributed by atoms with Crippen LogP contribution in [0.15, 0.2) is 42.5 Å². The molecule has 0 aliphatic carbocycles. The minimum atomic E-state index is -0.0199. The van der Waals surface area contributed by atoms with Crippen molar-refractivity contribution < 1.29 is 9.53 Å². The van der Waals surface area contributed by atoms with E-state index in [1.807, 2.05) is 0 Å². The van der Waals surface area contributed by atoms with E-state index < -0.39 is 0 Å². The van der Waals surface area contributed by atoms with Crippen LogP contribution in [0.2, 0.25) is 0 Å². The summed E-state index contributed by atoms with van der Waals surface area (Å²) in [5.74, 6) is 0.289. The lowest BCUT2D eigenvalue weighted by molar-refractivity contribution is -0.188. The highest BCUT2D eigenvalue weighted by atomic mass is 16.6. The fraction of sp³-hybridized carbons (Fsp3) is 0.421. The number of benzene rings is 2. The number of fused-ring (bicyclic) bond motifs is 1. The van der Waals surface area contributed by atoms with Crippen molar-refractivity contribution in [3.8, 4) is 0 Å². The number of carbonyl (C=O) groups is 1. The molecule has 1 aliphatic heterocycles. The van der Waals surface area contributed by atoms with E-state index in [1.54, 1.807) is 0 Å². The lowest BCUT2D eigenvalue weighted by atomic mass is 9.76. The van der Waals surface area contributed by atoms with Crippen LogP contribution in [-0.4, -0.2) is 12.1 Å². The van der Waals surface area contributed by atoms with Crippen LogP contribution < -0.4 is 0 Å². The van der Waals surface area contributed by atoms with Crippen LogP contribution in [-0.2, 0) is 9.53 Å². The molecule has 3 unspecified atom stereocenters. The molecule has 0 bridgehead atoms. The Morgan fingerprint density at radius 3 is 2.52 bits per heavy atom. The molecule has 2 nitrogen and oxygen atoms in total. The molecule has 0 amide bonds. The maximum Gasteiger partial charge on any atom is 0.313 e. The third-order valence-electron chi connectivity index (χ3n) is 4.59. The van der Waals surface area contributed by atoms with E-state index in [9.17, 15) is 4.79 Å². The number of cyclic esters (lactones) is 1. The van der Waals surface area contributed by atoms with Crippen LogP contribution in [0.5, 0.6) is 0 Å². The molecule has 0 aromatic heterocycles. The summed E-state index contributed by atoms with van der Waals surface area (Å²) in [6.07, 6.45) is 3.11. The Kier molecular flexibility index (Phi) is 3.96. The molecule has 3 rings (SSSR count). The first-order chi connectivity index (χ1) is 10.2. The lowest BCUT2D eigenvalue weighted by Crippen LogP contribution is -2.48. The Balaban J connectivity index is 1.92. The Morgan fingerprint density at radius 2 is 1.86 bits per heavy atom. The Hall–Kier alpha value is -1.83. The molecule has 2 aromatic carbocycles. The second-order valence-electron chi connectivity index (χ2n) is 5.91. The molecular formula is C19H22O2. The van der Waals surface area contributed by atoms with Gasteiger partial charge in [-0.05, 0) is 29.2 Å². The monoisotopic (exact) mass is 282 g/mol. The predicted octanol–water partition coefficient (Wildman–Crippen LogP) is 4.68. The summed E-state index contributed by atoms with van der Waals surface area (Å²) >= 11 is 0. The smallest absolute Gasteiger partial charge is 0.313 e.